The molecule has 0 aromatic heterocycles. The first-order chi connectivity index (χ1) is 8.86. The number of nitro groups is 1. The third kappa shape index (κ3) is 3.86. The van der Waals surface area contributed by atoms with Crippen LogP contribution in [0.15, 0.2) is 16.6 Å². The Morgan fingerprint density at radius 2 is 2.26 bits per heavy atom. The van der Waals surface area contributed by atoms with E-state index in [1.54, 1.807) is 0 Å². The molecule has 1 aromatic carbocycles. The first-order valence-electron chi connectivity index (χ1n) is 5.09. The maximum Gasteiger partial charge on any atom is 0.344 e. The summed E-state index contributed by atoms with van der Waals surface area (Å²) in [6.07, 6.45) is -1.42. The molecule has 0 aliphatic carbocycles. The predicted octanol–water partition coefficient (Wildman–Crippen LogP) is 1.68. The molecule has 1 atom stereocenters. The summed E-state index contributed by atoms with van der Waals surface area (Å²) in [6.45, 7) is 0.0176. The molecule has 9 heteroatoms. The largest absolute Gasteiger partial charge is 0.479 e. The number of nitro benzene ring substituents is 1. The molecule has 7 nitrogen and oxygen atoms in total. The molecule has 104 valence electrons. The van der Waals surface area contributed by atoms with Gasteiger partial charge in [0.25, 0.3) is 0 Å². The fraction of sp³-hybridized carbons (Fsp3) is 0.300. The average molecular weight is 337 g/mol. The first-order valence-corrected chi connectivity index (χ1v) is 5.89. The van der Waals surface area contributed by atoms with Gasteiger partial charge in [0.15, 0.2) is 6.10 Å². The summed E-state index contributed by atoms with van der Waals surface area (Å²) in [5, 5.41) is 19.7. The molecule has 0 heterocycles. The number of ether oxygens (including phenoxy) is 1. The zero-order valence-electron chi connectivity index (χ0n) is 9.51. The number of nitrogens with zero attached hydrogens (tertiary/aromatic N) is 1. The van der Waals surface area contributed by atoms with Gasteiger partial charge in [-0.05, 0) is 22.5 Å². The minimum absolute atomic E-state index is 0.0176. The predicted molar refractivity (Wildman–Crippen MR) is 66.5 cm³/mol. The number of aliphatic carboxylic acids is 1. The Balaban J connectivity index is 3.14. The van der Waals surface area contributed by atoms with Crippen molar-refractivity contribution in [3.8, 4) is 5.75 Å². The Labute approximate surface area is 115 Å². The van der Waals surface area contributed by atoms with Crippen LogP contribution in [0.1, 0.15) is 6.42 Å². The Morgan fingerprint density at radius 1 is 1.63 bits per heavy atom. The molecule has 1 rings (SSSR count). The van der Waals surface area contributed by atoms with Gasteiger partial charge in [-0.3, -0.25) is 10.1 Å². The van der Waals surface area contributed by atoms with Gasteiger partial charge in [0, 0.05) is 18.6 Å². The fourth-order valence-electron chi connectivity index (χ4n) is 1.29. The van der Waals surface area contributed by atoms with E-state index >= 15 is 0 Å². The van der Waals surface area contributed by atoms with E-state index in [1.165, 1.54) is 0 Å². The maximum atomic E-state index is 13.3. The Hall–Kier alpha value is -1.74. The zero-order valence-corrected chi connectivity index (χ0v) is 11.1. The second-order valence-electron chi connectivity index (χ2n) is 3.51. The molecule has 0 saturated heterocycles. The van der Waals surface area contributed by atoms with Crippen molar-refractivity contribution >= 4 is 27.6 Å². The van der Waals surface area contributed by atoms with Crippen molar-refractivity contribution in [3.05, 3.63) is 32.5 Å². The van der Waals surface area contributed by atoms with Gasteiger partial charge in [0.05, 0.1) is 9.40 Å². The normalized spacial score (nSPS) is 11.9. The highest BCUT2D eigenvalue weighted by Crippen LogP contribution is 2.33. The van der Waals surface area contributed by atoms with Crippen molar-refractivity contribution in [2.24, 2.45) is 5.73 Å². The lowest BCUT2D eigenvalue weighted by molar-refractivity contribution is -0.386. The van der Waals surface area contributed by atoms with E-state index in [4.69, 9.17) is 15.6 Å². The average Bonchev–Trinajstić information content (AvgIpc) is 2.32. The summed E-state index contributed by atoms with van der Waals surface area (Å²) < 4.78 is 18.2. The van der Waals surface area contributed by atoms with E-state index in [1.807, 2.05) is 0 Å². The van der Waals surface area contributed by atoms with Crippen LogP contribution in [0.5, 0.6) is 5.75 Å². The van der Waals surface area contributed by atoms with Crippen LogP contribution >= 0.6 is 15.9 Å². The summed E-state index contributed by atoms with van der Waals surface area (Å²) in [4.78, 5) is 20.9. The first kappa shape index (κ1) is 15.3. The van der Waals surface area contributed by atoms with E-state index in [0.717, 1.165) is 12.1 Å². The summed E-state index contributed by atoms with van der Waals surface area (Å²) in [7, 11) is 0. The minimum Gasteiger partial charge on any atom is -0.479 e. The van der Waals surface area contributed by atoms with Gasteiger partial charge < -0.3 is 15.6 Å². The molecule has 0 amide bonds. The fourth-order valence-corrected chi connectivity index (χ4v) is 1.62. The number of hydrogen-bond donors (Lipinski definition) is 2. The molecule has 0 bridgehead atoms. The van der Waals surface area contributed by atoms with Gasteiger partial charge in [0.2, 0.25) is 5.75 Å². The summed E-state index contributed by atoms with van der Waals surface area (Å²) in [5.74, 6) is -2.58. The monoisotopic (exact) mass is 336 g/mol. The maximum absolute atomic E-state index is 13.3. The second kappa shape index (κ2) is 6.43. The number of carboxylic acid groups (broad SMARTS) is 1. The number of rotatable bonds is 6. The van der Waals surface area contributed by atoms with Crippen LogP contribution < -0.4 is 10.5 Å². The van der Waals surface area contributed by atoms with Crippen LogP contribution in [0.4, 0.5) is 10.1 Å². The Kier molecular flexibility index (Phi) is 5.19. The lowest BCUT2D eigenvalue weighted by Crippen LogP contribution is -2.29. The molecule has 0 saturated carbocycles. The van der Waals surface area contributed by atoms with E-state index in [-0.39, 0.29) is 17.4 Å². The molecule has 1 aromatic rings. The van der Waals surface area contributed by atoms with Gasteiger partial charge >= 0.3 is 11.7 Å². The van der Waals surface area contributed by atoms with E-state index in [9.17, 15) is 19.3 Å². The molecular formula is C10H10BrFN2O5. The van der Waals surface area contributed by atoms with E-state index in [2.05, 4.69) is 15.9 Å². The molecule has 0 spiro atoms. The number of benzene rings is 1. The highest BCUT2D eigenvalue weighted by molar-refractivity contribution is 9.10. The molecule has 0 aliphatic rings. The number of halogens is 2. The zero-order chi connectivity index (χ0) is 14.6. The minimum atomic E-state index is -1.37. The van der Waals surface area contributed by atoms with Crippen molar-refractivity contribution in [1.29, 1.82) is 0 Å². The number of hydrogen-bond acceptors (Lipinski definition) is 5. The van der Waals surface area contributed by atoms with Crippen molar-refractivity contribution in [3.63, 3.8) is 0 Å². The molecule has 0 fully saturated rings. The number of carbonyl (C=O) groups is 1. The van der Waals surface area contributed by atoms with Crippen LogP contribution in [-0.2, 0) is 4.79 Å². The SMILES string of the molecule is NCCC(Oc1cc(F)c(Br)cc1[N+](=O)[O-])C(=O)O. The van der Waals surface area contributed by atoms with E-state index < -0.39 is 34.3 Å². The van der Waals surface area contributed by atoms with Gasteiger partial charge in [0.1, 0.15) is 5.82 Å². The van der Waals surface area contributed by atoms with Crippen LogP contribution in [-0.4, -0.2) is 28.6 Å². The molecule has 3 N–H and O–H groups in total. The lowest BCUT2D eigenvalue weighted by Gasteiger charge is -2.14. The van der Waals surface area contributed by atoms with Crippen molar-refractivity contribution in [2.75, 3.05) is 6.54 Å². The van der Waals surface area contributed by atoms with Crippen LogP contribution in [0, 0.1) is 15.9 Å². The van der Waals surface area contributed by atoms with Crippen LogP contribution in [0.3, 0.4) is 0 Å². The van der Waals surface area contributed by atoms with Crippen molar-refractivity contribution < 1.29 is 24.0 Å². The number of nitrogens with two attached hydrogens (primary N) is 1. The van der Waals surface area contributed by atoms with Crippen molar-refractivity contribution in [1.82, 2.24) is 0 Å². The van der Waals surface area contributed by atoms with Gasteiger partial charge in [-0.25, -0.2) is 9.18 Å². The quantitative estimate of drug-likeness (QED) is 0.603. The Morgan fingerprint density at radius 3 is 2.74 bits per heavy atom. The lowest BCUT2D eigenvalue weighted by atomic mass is 10.2. The third-order valence-corrected chi connectivity index (χ3v) is 2.78. The van der Waals surface area contributed by atoms with Gasteiger partial charge in [-0.2, -0.15) is 0 Å². The van der Waals surface area contributed by atoms with Crippen LogP contribution in [0.25, 0.3) is 0 Å². The summed E-state index contributed by atoms with van der Waals surface area (Å²) >= 11 is 2.80. The second-order valence-corrected chi connectivity index (χ2v) is 4.37. The smallest absolute Gasteiger partial charge is 0.344 e. The topological polar surface area (TPSA) is 116 Å². The molecule has 0 aliphatic heterocycles. The highest BCUT2D eigenvalue weighted by atomic mass is 79.9. The van der Waals surface area contributed by atoms with Gasteiger partial charge in [-0.1, -0.05) is 0 Å². The number of carboxylic acids is 1. The summed E-state index contributed by atoms with van der Waals surface area (Å²) in [6, 6.07) is 1.67. The van der Waals surface area contributed by atoms with Crippen LogP contribution in [0.2, 0.25) is 0 Å². The Bertz CT molecular complexity index is 511. The third-order valence-electron chi connectivity index (χ3n) is 2.17. The van der Waals surface area contributed by atoms with Gasteiger partial charge in [-0.15, -0.1) is 0 Å². The standard InChI is InChI=1S/C10H10BrFN2O5/c11-5-3-7(14(17)18)9(4-6(5)12)19-8(1-2-13)10(15)16/h3-4,8H,1-2,13H2,(H,15,16). The molecule has 0 radical (unpaired) electrons. The molecular weight excluding hydrogens is 327 g/mol. The molecule has 19 heavy (non-hydrogen) atoms. The molecule has 1 unspecified atom stereocenters. The van der Waals surface area contributed by atoms with E-state index in [0.29, 0.717) is 0 Å². The summed E-state index contributed by atoms with van der Waals surface area (Å²) in [5.41, 5.74) is 4.68. The van der Waals surface area contributed by atoms with Crippen molar-refractivity contribution in [2.45, 2.75) is 12.5 Å². The highest BCUT2D eigenvalue weighted by Gasteiger charge is 2.25.